The smallest absolute Gasteiger partial charge is 0.209 e. The molecule has 1 aliphatic heterocycles. The van der Waals surface area contributed by atoms with Crippen molar-refractivity contribution in [3.05, 3.63) is 77.3 Å². The van der Waals surface area contributed by atoms with Gasteiger partial charge in [0.25, 0.3) is 0 Å². The summed E-state index contributed by atoms with van der Waals surface area (Å²) in [5, 5.41) is 0.726. The Hall–Kier alpha value is -2.14. The predicted molar refractivity (Wildman–Crippen MR) is 109 cm³/mol. The van der Waals surface area contributed by atoms with Crippen LogP contribution in [0.5, 0.6) is 0 Å². The lowest BCUT2D eigenvalue weighted by Crippen LogP contribution is -2.46. The van der Waals surface area contributed by atoms with Gasteiger partial charge in [0.05, 0.1) is 12.7 Å². The number of piperazine rings is 1. The Bertz CT molecular complexity index is 840. The fourth-order valence-corrected chi connectivity index (χ4v) is 3.55. The molecule has 0 saturated carbocycles. The van der Waals surface area contributed by atoms with Crippen molar-refractivity contribution in [2.45, 2.75) is 13.0 Å². The van der Waals surface area contributed by atoms with E-state index in [1.54, 1.807) is 6.20 Å². The van der Waals surface area contributed by atoms with Crippen molar-refractivity contribution in [3.63, 3.8) is 0 Å². The van der Waals surface area contributed by atoms with Gasteiger partial charge in [-0.25, -0.2) is 4.98 Å². The third kappa shape index (κ3) is 4.98. The molecule has 0 amide bonds. The second kappa shape index (κ2) is 8.70. The first-order valence-electron chi connectivity index (χ1n) is 9.45. The Morgan fingerprint density at radius 1 is 0.889 bits per heavy atom. The zero-order valence-corrected chi connectivity index (χ0v) is 16.1. The van der Waals surface area contributed by atoms with Crippen LogP contribution in [0.25, 0.3) is 11.3 Å². The van der Waals surface area contributed by atoms with E-state index in [9.17, 15) is 0 Å². The fraction of sp³-hybridized carbons (Fsp3) is 0.318. The van der Waals surface area contributed by atoms with Gasteiger partial charge in [-0.1, -0.05) is 41.9 Å². The minimum atomic E-state index is 0.726. The maximum atomic E-state index is 5.95. The lowest BCUT2D eigenvalue weighted by atomic mass is 10.1. The molecule has 1 saturated heterocycles. The van der Waals surface area contributed by atoms with Gasteiger partial charge in [-0.05, 0) is 36.2 Å². The third-order valence-electron chi connectivity index (χ3n) is 5.07. The van der Waals surface area contributed by atoms with Gasteiger partial charge in [0.2, 0.25) is 5.89 Å². The molecular formula is C22H24ClN3O. The summed E-state index contributed by atoms with van der Waals surface area (Å²) in [6, 6.07) is 18.4. The summed E-state index contributed by atoms with van der Waals surface area (Å²) in [6.45, 7) is 6.17. The van der Waals surface area contributed by atoms with E-state index in [0.29, 0.717) is 0 Å². The molecule has 1 aliphatic rings. The molecule has 27 heavy (non-hydrogen) atoms. The maximum absolute atomic E-state index is 5.95. The van der Waals surface area contributed by atoms with Gasteiger partial charge in [-0.15, -0.1) is 0 Å². The van der Waals surface area contributed by atoms with Crippen molar-refractivity contribution in [1.29, 1.82) is 0 Å². The van der Waals surface area contributed by atoms with Gasteiger partial charge in [0.15, 0.2) is 5.76 Å². The number of hydrogen-bond donors (Lipinski definition) is 0. The molecule has 0 N–H and O–H groups in total. The van der Waals surface area contributed by atoms with Crippen LogP contribution in [0.15, 0.2) is 65.2 Å². The molecule has 0 radical (unpaired) electrons. The number of benzene rings is 2. The normalized spacial score (nSPS) is 15.9. The maximum Gasteiger partial charge on any atom is 0.209 e. The number of aromatic nitrogens is 1. The molecule has 4 rings (SSSR count). The molecule has 2 aromatic carbocycles. The molecule has 5 heteroatoms. The standard InChI is InChI=1S/C22H24ClN3O/c23-20-8-6-19(7-9-20)21-16-24-22(27-21)17-26-14-12-25(13-15-26)11-10-18-4-2-1-3-5-18/h1-9,16H,10-15,17H2. The molecule has 1 fully saturated rings. The summed E-state index contributed by atoms with van der Waals surface area (Å²) in [5.41, 5.74) is 2.42. The van der Waals surface area contributed by atoms with Crippen molar-refractivity contribution in [1.82, 2.24) is 14.8 Å². The van der Waals surface area contributed by atoms with Crippen LogP contribution in [0.2, 0.25) is 5.02 Å². The third-order valence-corrected chi connectivity index (χ3v) is 5.32. The molecule has 0 atom stereocenters. The van der Waals surface area contributed by atoms with Crippen molar-refractivity contribution in [3.8, 4) is 11.3 Å². The Kier molecular flexibility index (Phi) is 5.87. The molecule has 3 aromatic rings. The van der Waals surface area contributed by atoms with Crippen molar-refractivity contribution in [2.24, 2.45) is 0 Å². The van der Waals surface area contributed by atoms with E-state index in [-0.39, 0.29) is 0 Å². The van der Waals surface area contributed by atoms with Crippen LogP contribution in [0.1, 0.15) is 11.5 Å². The van der Waals surface area contributed by atoms with Crippen LogP contribution in [0, 0.1) is 0 Å². The summed E-state index contributed by atoms with van der Waals surface area (Å²) in [5.74, 6) is 1.57. The fourth-order valence-electron chi connectivity index (χ4n) is 3.43. The van der Waals surface area contributed by atoms with E-state index in [2.05, 4.69) is 45.1 Å². The average Bonchev–Trinajstić information content (AvgIpc) is 3.17. The van der Waals surface area contributed by atoms with Gasteiger partial charge in [-0.2, -0.15) is 0 Å². The zero-order valence-electron chi connectivity index (χ0n) is 15.4. The second-order valence-corrected chi connectivity index (χ2v) is 7.41. The summed E-state index contributed by atoms with van der Waals surface area (Å²) in [6.07, 6.45) is 2.92. The highest BCUT2D eigenvalue weighted by molar-refractivity contribution is 6.30. The lowest BCUT2D eigenvalue weighted by Gasteiger charge is -2.34. The topological polar surface area (TPSA) is 32.5 Å². The van der Waals surface area contributed by atoms with Gasteiger partial charge >= 0.3 is 0 Å². The van der Waals surface area contributed by atoms with Crippen LogP contribution in [-0.4, -0.2) is 47.5 Å². The molecular weight excluding hydrogens is 358 g/mol. The monoisotopic (exact) mass is 381 g/mol. The van der Waals surface area contributed by atoms with E-state index < -0.39 is 0 Å². The highest BCUT2D eigenvalue weighted by Gasteiger charge is 2.18. The molecule has 1 aromatic heterocycles. The van der Waals surface area contributed by atoms with Gasteiger partial charge in [0, 0.05) is 43.3 Å². The molecule has 0 unspecified atom stereocenters. The van der Waals surface area contributed by atoms with Gasteiger partial charge in [0.1, 0.15) is 0 Å². The highest BCUT2D eigenvalue weighted by atomic mass is 35.5. The summed E-state index contributed by atoms with van der Waals surface area (Å²) in [7, 11) is 0. The van der Waals surface area contributed by atoms with Gasteiger partial charge in [-0.3, -0.25) is 4.90 Å². The quantitative estimate of drug-likeness (QED) is 0.635. The van der Waals surface area contributed by atoms with E-state index in [0.717, 1.165) is 67.9 Å². The van der Waals surface area contributed by atoms with E-state index in [1.807, 2.05) is 24.3 Å². The second-order valence-electron chi connectivity index (χ2n) is 6.98. The van der Waals surface area contributed by atoms with E-state index in [1.165, 1.54) is 5.56 Å². The minimum absolute atomic E-state index is 0.726. The zero-order chi connectivity index (χ0) is 18.5. The Morgan fingerprint density at radius 2 is 1.59 bits per heavy atom. The lowest BCUT2D eigenvalue weighted by molar-refractivity contribution is 0.120. The Labute approximate surface area is 165 Å². The molecule has 4 nitrogen and oxygen atoms in total. The first-order chi connectivity index (χ1) is 13.3. The van der Waals surface area contributed by atoms with Crippen LogP contribution in [-0.2, 0) is 13.0 Å². The molecule has 0 bridgehead atoms. The predicted octanol–water partition coefficient (Wildman–Crippen LogP) is 4.36. The number of halogens is 1. The van der Waals surface area contributed by atoms with Crippen LogP contribution in [0.4, 0.5) is 0 Å². The molecule has 0 aliphatic carbocycles. The highest BCUT2D eigenvalue weighted by Crippen LogP contribution is 2.23. The first kappa shape index (κ1) is 18.2. The van der Waals surface area contributed by atoms with E-state index in [4.69, 9.17) is 16.0 Å². The van der Waals surface area contributed by atoms with Crippen LogP contribution >= 0.6 is 11.6 Å². The first-order valence-corrected chi connectivity index (χ1v) is 9.83. The number of hydrogen-bond acceptors (Lipinski definition) is 4. The van der Waals surface area contributed by atoms with Crippen LogP contribution < -0.4 is 0 Å². The van der Waals surface area contributed by atoms with E-state index >= 15 is 0 Å². The summed E-state index contributed by atoms with van der Waals surface area (Å²) in [4.78, 5) is 9.40. The van der Waals surface area contributed by atoms with Crippen LogP contribution in [0.3, 0.4) is 0 Å². The largest absolute Gasteiger partial charge is 0.439 e. The summed E-state index contributed by atoms with van der Waals surface area (Å²) >= 11 is 5.95. The summed E-state index contributed by atoms with van der Waals surface area (Å²) < 4.78 is 5.94. The number of oxazole rings is 1. The molecule has 2 heterocycles. The van der Waals surface area contributed by atoms with Gasteiger partial charge < -0.3 is 9.32 Å². The Morgan fingerprint density at radius 3 is 2.33 bits per heavy atom. The molecule has 140 valence electrons. The number of nitrogens with zero attached hydrogens (tertiary/aromatic N) is 3. The number of rotatable bonds is 6. The Balaban J connectivity index is 1.25. The minimum Gasteiger partial charge on any atom is -0.439 e. The molecule has 0 spiro atoms. The van der Waals surface area contributed by atoms with Crippen molar-refractivity contribution >= 4 is 11.6 Å². The SMILES string of the molecule is Clc1ccc(-c2cnc(CN3CCN(CCc4ccccc4)CC3)o2)cc1. The van der Waals surface area contributed by atoms with Crippen molar-refractivity contribution in [2.75, 3.05) is 32.7 Å². The van der Waals surface area contributed by atoms with Crippen molar-refractivity contribution < 1.29 is 4.42 Å². The average molecular weight is 382 g/mol.